The number of aromatic nitrogens is 1. The molecule has 8 heteroatoms. The number of hydrogen-bond donors (Lipinski definition) is 1. The summed E-state index contributed by atoms with van der Waals surface area (Å²) in [5, 5.41) is 5.37. The Balaban J connectivity index is 1.55. The van der Waals surface area contributed by atoms with Crippen LogP contribution in [0.15, 0.2) is 66.0 Å². The van der Waals surface area contributed by atoms with Gasteiger partial charge in [0.05, 0.1) is 17.2 Å². The van der Waals surface area contributed by atoms with Crippen molar-refractivity contribution in [1.29, 1.82) is 0 Å². The molecule has 1 aliphatic heterocycles. The van der Waals surface area contributed by atoms with Gasteiger partial charge in [-0.2, -0.15) is 0 Å². The largest absolute Gasteiger partial charge is 0.300 e. The molecule has 4 rings (SSSR count). The van der Waals surface area contributed by atoms with Crippen LogP contribution in [-0.4, -0.2) is 48.8 Å². The van der Waals surface area contributed by atoms with Crippen LogP contribution < -0.4 is 5.32 Å². The Labute approximate surface area is 174 Å². The van der Waals surface area contributed by atoms with Crippen LogP contribution in [0.1, 0.15) is 11.6 Å². The van der Waals surface area contributed by atoms with Crippen LogP contribution in [0.4, 0.5) is 5.13 Å². The molecular formula is C21H21N3O3S2. The zero-order valence-corrected chi connectivity index (χ0v) is 17.3. The van der Waals surface area contributed by atoms with Crippen molar-refractivity contribution in [3.63, 3.8) is 0 Å². The highest BCUT2D eigenvalue weighted by Crippen LogP contribution is 2.28. The third-order valence-corrected chi connectivity index (χ3v) is 7.28. The van der Waals surface area contributed by atoms with Gasteiger partial charge in [0.15, 0.2) is 15.0 Å². The topological polar surface area (TPSA) is 79.4 Å². The first-order chi connectivity index (χ1) is 14.0. The predicted molar refractivity (Wildman–Crippen MR) is 116 cm³/mol. The minimum atomic E-state index is -3.03. The molecule has 0 aliphatic carbocycles. The highest BCUT2D eigenvalue weighted by molar-refractivity contribution is 7.91. The fraction of sp³-hybridized carbons (Fsp3) is 0.238. The van der Waals surface area contributed by atoms with E-state index in [1.54, 1.807) is 0 Å². The summed E-state index contributed by atoms with van der Waals surface area (Å²) >= 11 is 1.37. The SMILES string of the molecule is O=C(Nc1nc(-c2ccccc2)cs1)C(c1ccccc1)N1CCS(=O)(=O)CC1. The Bertz CT molecular complexity index is 1070. The van der Waals surface area contributed by atoms with E-state index in [2.05, 4.69) is 10.3 Å². The van der Waals surface area contributed by atoms with Gasteiger partial charge in [0.25, 0.3) is 0 Å². The van der Waals surface area contributed by atoms with Crippen LogP contribution in [0.3, 0.4) is 0 Å². The monoisotopic (exact) mass is 427 g/mol. The van der Waals surface area contributed by atoms with Crippen molar-refractivity contribution in [2.75, 3.05) is 29.9 Å². The van der Waals surface area contributed by atoms with E-state index in [0.29, 0.717) is 18.2 Å². The summed E-state index contributed by atoms with van der Waals surface area (Å²) in [6.07, 6.45) is 0. The van der Waals surface area contributed by atoms with E-state index >= 15 is 0 Å². The molecule has 3 aromatic rings. The van der Waals surface area contributed by atoms with Crippen LogP contribution >= 0.6 is 11.3 Å². The molecule has 1 N–H and O–H groups in total. The van der Waals surface area contributed by atoms with Gasteiger partial charge in [0.2, 0.25) is 5.91 Å². The smallest absolute Gasteiger partial charge is 0.248 e. The quantitative estimate of drug-likeness (QED) is 0.676. The molecule has 0 bridgehead atoms. The second-order valence-corrected chi connectivity index (χ2v) is 10.1. The van der Waals surface area contributed by atoms with Crippen molar-refractivity contribution in [3.05, 3.63) is 71.6 Å². The third-order valence-electron chi connectivity index (χ3n) is 4.91. The van der Waals surface area contributed by atoms with E-state index in [0.717, 1.165) is 16.8 Å². The van der Waals surface area contributed by atoms with Gasteiger partial charge in [-0.3, -0.25) is 9.69 Å². The fourth-order valence-electron chi connectivity index (χ4n) is 3.39. The van der Waals surface area contributed by atoms with E-state index < -0.39 is 15.9 Å². The summed E-state index contributed by atoms with van der Waals surface area (Å²) in [6, 6.07) is 18.7. The average Bonchev–Trinajstić information content (AvgIpc) is 3.19. The highest BCUT2D eigenvalue weighted by atomic mass is 32.2. The molecule has 1 amide bonds. The maximum atomic E-state index is 13.2. The lowest BCUT2D eigenvalue weighted by molar-refractivity contribution is -0.121. The first-order valence-electron chi connectivity index (χ1n) is 9.33. The molecule has 1 aliphatic rings. The minimum absolute atomic E-state index is 0.0685. The number of sulfone groups is 1. The van der Waals surface area contributed by atoms with Gasteiger partial charge < -0.3 is 5.32 Å². The lowest BCUT2D eigenvalue weighted by Gasteiger charge is -2.33. The third kappa shape index (κ3) is 4.72. The first-order valence-corrected chi connectivity index (χ1v) is 12.0. The molecule has 1 fully saturated rings. The van der Waals surface area contributed by atoms with Crippen LogP contribution in [0, 0.1) is 0 Å². The summed E-state index contributed by atoms with van der Waals surface area (Å²) in [5.74, 6) is -0.0673. The van der Waals surface area contributed by atoms with Gasteiger partial charge >= 0.3 is 0 Å². The summed E-state index contributed by atoms with van der Waals surface area (Å²) < 4.78 is 23.6. The Morgan fingerprint density at radius 2 is 1.62 bits per heavy atom. The van der Waals surface area contributed by atoms with Gasteiger partial charge in [-0.15, -0.1) is 11.3 Å². The van der Waals surface area contributed by atoms with Crippen molar-refractivity contribution < 1.29 is 13.2 Å². The zero-order valence-electron chi connectivity index (χ0n) is 15.7. The molecule has 0 radical (unpaired) electrons. The van der Waals surface area contributed by atoms with E-state index in [-0.39, 0.29) is 17.4 Å². The maximum absolute atomic E-state index is 13.2. The number of carbonyl (C=O) groups excluding carboxylic acids is 1. The van der Waals surface area contributed by atoms with E-state index in [1.165, 1.54) is 11.3 Å². The molecular weight excluding hydrogens is 406 g/mol. The number of rotatable bonds is 5. The van der Waals surface area contributed by atoms with Gasteiger partial charge in [-0.1, -0.05) is 60.7 Å². The lowest BCUT2D eigenvalue weighted by Crippen LogP contribution is -2.46. The molecule has 0 spiro atoms. The molecule has 29 heavy (non-hydrogen) atoms. The summed E-state index contributed by atoms with van der Waals surface area (Å²) in [4.78, 5) is 19.6. The van der Waals surface area contributed by atoms with E-state index in [1.807, 2.05) is 70.9 Å². The maximum Gasteiger partial charge on any atom is 0.248 e. The summed E-state index contributed by atoms with van der Waals surface area (Å²) in [6.45, 7) is 0.672. The predicted octanol–water partition coefficient (Wildman–Crippen LogP) is 3.22. The molecule has 1 aromatic heterocycles. The van der Waals surface area contributed by atoms with Gasteiger partial charge in [0, 0.05) is 24.0 Å². The second-order valence-electron chi connectivity index (χ2n) is 6.89. The second kappa shape index (κ2) is 8.44. The number of anilines is 1. The van der Waals surface area contributed by atoms with Crippen molar-refractivity contribution in [3.8, 4) is 11.3 Å². The average molecular weight is 428 g/mol. The van der Waals surface area contributed by atoms with Crippen LogP contribution in [-0.2, 0) is 14.6 Å². The van der Waals surface area contributed by atoms with Crippen LogP contribution in [0.5, 0.6) is 0 Å². The first kappa shape index (κ1) is 19.8. The van der Waals surface area contributed by atoms with Gasteiger partial charge in [0.1, 0.15) is 6.04 Å². The molecule has 6 nitrogen and oxygen atoms in total. The molecule has 2 aromatic carbocycles. The number of nitrogens with one attached hydrogen (secondary N) is 1. The van der Waals surface area contributed by atoms with Crippen molar-refractivity contribution in [2.24, 2.45) is 0 Å². The minimum Gasteiger partial charge on any atom is -0.300 e. The van der Waals surface area contributed by atoms with Crippen molar-refractivity contribution in [1.82, 2.24) is 9.88 Å². The standard InChI is InChI=1S/C21H21N3O3S2/c25-20(23-21-22-18(15-28-21)16-7-3-1-4-8-16)19(17-9-5-2-6-10-17)24-11-13-29(26,27)14-12-24/h1-10,15,19H,11-14H2,(H,22,23,25). The molecule has 0 saturated carbocycles. The number of nitrogens with zero attached hydrogens (tertiary/aromatic N) is 2. The number of carbonyl (C=O) groups is 1. The number of benzene rings is 2. The Morgan fingerprint density at radius 1 is 1.00 bits per heavy atom. The molecule has 2 heterocycles. The number of thiazole rings is 1. The Morgan fingerprint density at radius 3 is 2.28 bits per heavy atom. The van der Waals surface area contributed by atoms with Gasteiger partial charge in [-0.05, 0) is 5.56 Å². The molecule has 1 unspecified atom stereocenters. The molecule has 1 saturated heterocycles. The van der Waals surface area contributed by atoms with Gasteiger partial charge in [-0.25, -0.2) is 13.4 Å². The normalized spacial score (nSPS) is 17.5. The Kier molecular flexibility index (Phi) is 5.75. The Hall–Kier alpha value is -2.55. The van der Waals surface area contributed by atoms with Crippen LogP contribution in [0.25, 0.3) is 11.3 Å². The number of amides is 1. The van der Waals surface area contributed by atoms with E-state index in [4.69, 9.17) is 0 Å². The molecule has 150 valence electrons. The highest BCUT2D eigenvalue weighted by Gasteiger charge is 2.32. The zero-order chi connectivity index (χ0) is 20.3. The lowest BCUT2D eigenvalue weighted by atomic mass is 10.0. The fourth-order valence-corrected chi connectivity index (χ4v) is 5.35. The molecule has 1 atom stereocenters. The van der Waals surface area contributed by atoms with Crippen molar-refractivity contribution >= 4 is 32.2 Å². The summed E-state index contributed by atoms with van der Waals surface area (Å²) in [5.41, 5.74) is 2.64. The number of hydrogen-bond acceptors (Lipinski definition) is 6. The van der Waals surface area contributed by atoms with Crippen molar-refractivity contribution in [2.45, 2.75) is 6.04 Å². The summed E-state index contributed by atoms with van der Waals surface area (Å²) in [7, 11) is -3.03. The van der Waals surface area contributed by atoms with E-state index in [9.17, 15) is 13.2 Å². The van der Waals surface area contributed by atoms with Crippen LogP contribution in [0.2, 0.25) is 0 Å².